The lowest BCUT2D eigenvalue weighted by Gasteiger charge is -2.21. The van der Waals surface area contributed by atoms with Crippen LogP contribution < -0.4 is 0 Å². The first-order chi connectivity index (χ1) is 11.0. The van der Waals surface area contributed by atoms with E-state index in [1.54, 1.807) is 0 Å². The molecule has 3 rings (SSSR count). The van der Waals surface area contributed by atoms with E-state index in [1.807, 2.05) is 36.0 Å². The van der Waals surface area contributed by atoms with Gasteiger partial charge in [0.05, 0.1) is 11.6 Å². The second kappa shape index (κ2) is 6.10. The predicted molar refractivity (Wildman–Crippen MR) is 99.7 cm³/mol. The van der Waals surface area contributed by atoms with E-state index in [0.717, 1.165) is 5.56 Å². The molecule has 114 valence electrons. The zero-order valence-corrected chi connectivity index (χ0v) is 14.4. The van der Waals surface area contributed by atoms with E-state index in [0.29, 0.717) is 5.56 Å². The van der Waals surface area contributed by atoms with Gasteiger partial charge in [0, 0.05) is 15.2 Å². The molecule has 0 saturated carbocycles. The third-order valence-corrected chi connectivity index (χ3v) is 4.78. The van der Waals surface area contributed by atoms with Crippen molar-refractivity contribution in [2.45, 2.75) is 30.4 Å². The molecule has 0 fully saturated rings. The molecule has 1 nitrogen and oxygen atoms in total. The highest BCUT2D eigenvalue weighted by Crippen LogP contribution is 2.42. The molecule has 0 radical (unpaired) electrons. The number of nitriles is 1. The van der Waals surface area contributed by atoms with Crippen molar-refractivity contribution in [3.05, 3.63) is 66.2 Å². The number of fused-ring (bicyclic) bond motifs is 1. The second-order valence-electron chi connectivity index (χ2n) is 6.56. The highest BCUT2D eigenvalue weighted by Gasteiger charge is 2.17. The number of rotatable bonds is 2. The summed E-state index contributed by atoms with van der Waals surface area (Å²) in [6.07, 6.45) is 0. The van der Waals surface area contributed by atoms with Crippen LogP contribution in [-0.2, 0) is 0 Å². The van der Waals surface area contributed by atoms with Crippen LogP contribution >= 0.6 is 11.8 Å². The van der Waals surface area contributed by atoms with Crippen LogP contribution in [0.3, 0.4) is 0 Å². The molecule has 0 bridgehead atoms. The fraction of sp³-hybridized carbons (Fsp3) is 0.190. The zero-order chi connectivity index (χ0) is 16.4. The Balaban J connectivity index is 2.25. The molecule has 0 unspecified atom stereocenters. The van der Waals surface area contributed by atoms with Gasteiger partial charge in [-0.2, -0.15) is 5.26 Å². The van der Waals surface area contributed by atoms with Crippen molar-refractivity contribution in [1.82, 2.24) is 0 Å². The molecular weight excluding hydrogens is 298 g/mol. The standard InChI is InChI=1S/C21H19NS/c1-21(2,3)23-19-13-12-16-6-4-5-7-18(16)20(19)17-10-8-15(14-22)9-11-17/h4-13H,1-3H3. The largest absolute Gasteiger partial charge is 0.192 e. The van der Waals surface area contributed by atoms with Crippen molar-refractivity contribution in [3.63, 3.8) is 0 Å². The number of nitrogens with zero attached hydrogens (tertiary/aromatic N) is 1. The van der Waals surface area contributed by atoms with Gasteiger partial charge in [0.1, 0.15) is 0 Å². The van der Waals surface area contributed by atoms with Gasteiger partial charge >= 0.3 is 0 Å². The molecule has 0 spiro atoms. The van der Waals surface area contributed by atoms with Crippen molar-refractivity contribution < 1.29 is 0 Å². The fourth-order valence-corrected chi connectivity index (χ4v) is 3.80. The Morgan fingerprint density at radius 3 is 2.22 bits per heavy atom. The highest BCUT2D eigenvalue weighted by atomic mass is 32.2. The molecule has 0 aliphatic heterocycles. The topological polar surface area (TPSA) is 23.8 Å². The third-order valence-electron chi connectivity index (χ3n) is 3.61. The lowest BCUT2D eigenvalue weighted by molar-refractivity contribution is 0.803. The normalized spacial score (nSPS) is 11.4. The predicted octanol–water partition coefficient (Wildman–Crippen LogP) is 6.27. The minimum atomic E-state index is 0.143. The third kappa shape index (κ3) is 3.41. The van der Waals surface area contributed by atoms with Gasteiger partial charge in [-0.15, -0.1) is 11.8 Å². The molecule has 0 heterocycles. The fourth-order valence-electron chi connectivity index (χ4n) is 2.68. The lowest BCUT2D eigenvalue weighted by Crippen LogP contribution is -2.07. The minimum absolute atomic E-state index is 0.143. The molecule has 0 saturated heterocycles. The molecule has 0 aliphatic rings. The van der Waals surface area contributed by atoms with Gasteiger partial charge < -0.3 is 0 Å². The maximum Gasteiger partial charge on any atom is 0.0991 e. The van der Waals surface area contributed by atoms with Crippen LogP contribution in [0, 0.1) is 11.3 Å². The van der Waals surface area contributed by atoms with E-state index >= 15 is 0 Å². The average molecular weight is 317 g/mol. The first-order valence-electron chi connectivity index (χ1n) is 7.69. The SMILES string of the molecule is CC(C)(C)Sc1ccc2ccccc2c1-c1ccc(C#N)cc1. The Labute approximate surface area is 142 Å². The Bertz CT molecular complexity index is 880. The molecular formula is C21H19NS. The Hall–Kier alpha value is -2.24. The van der Waals surface area contributed by atoms with Gasteiger partial charge in [0.15, 0.2) is 0 Å². The quantitative estimate of drug-likeness (QED) is 0.520. The van der Waals surface area contributed by atoms with Crippen molar-refractivity contribution in [2.24, 2.45) is 0 Å². The van der Waals surface area contributed by atoms with E-state index in [9.17, 15) is 0 Å². The lowest BCUT2D eigenvalue weighted by atomic mass is 9.97. The minimum Gasteiger partial charge on any atom is -0.192 e. The summed E-state index contributed by atoms with van der Waals surface area (Å²) in [5, 5.41) is 11.5. The second-order valence-corrected chi connectivity index (χ2v) is 8.43. The van der Waals surface area contributed by atoms with Crippen molar-refractivity contribution in [1.29, 1.82) is 5.26 Å². The Morgan fingerprint density at radius 2 is 1.57 bits per heavy atom. The molecule has 23 heavy (non-hydrogen) atoms. The zero-order valence-electron chi connectivity index (χ0n) is 13.6. The molecule has 0 aliphatic carbocycles. The van der Waals surface area contributed by atoms with Crippen LogP contribution in [0.4, 0.5) is 0 Å². The molecule has 0 amide bonds. The summed E-state index contributed by atoms with van der Waals surface area (Å²) in [6, 6.07) is 23.0. The van der Waals surface area contributed by atoms with Crippen LogP contribution in [0.2, 0.25) is 0 Å². The van der Waals surface area contributed by atoms with Gasteiger partial charge in [-0.3, -0.25) is 0 Å². The van der Waals surface area contributed by atoms with Crippen LogP contribution in [0.5, 0.6) is 0 Å². The van der Waals surface area contributed by atoms with E-state index < -0.39 is 0 Å². The maximum absolute atomic E-state index is 9.02. The van der Waals surface area contributed by atoms with Gasteiger partial charge in [-0.25, -0.2) is 0 Å². The summed E-state index contributed by atoms with van der Waals surface area (Å²) in [5.74, 6) is 0. The molecule has 0 N–H and O–H groups in total. The van der Waals surface area contributed by atoms with Crippen LogP contribution in [0.1, 0.15) is 26.3 Å². The maximum atomic E-state index is 9.02. The summed E-state index contributed by atoms with van der Waals surface area (Å²) < 4.78 is 0.143. The van der Waals surface area contributed by atoms with Crippen molar-refractivity contribution >= 4 is 22.5 Å². The summed E-state index contributed by atoms with van der Waals surface area (Å²) in [7, 11) is 0. The van der Waals surface area contributed by atoms with Gasteiger partial charge in [-0.05, 0) is 34.5 Å². The van der Waals surface area contributed by atoms with Crippen molar-refractivity contribution in [3.8, 4) is 17.2 Å². The highest BCUT2D eigenvalue weighted by molar-refractivity contribution is 8.00. The molecule has 3 aromatic rings. The monoisotopic (exact) mass is 317 g/mol. The van der Waals surface area contributed by atoms with E-state index in [4.69, 9.17) is 5.26 Å². The smallest absolute Gasteiger partial charge is 0.0991 e. The van der Waals surface area contributed by atoms with Crippen molar-refractivity contribution in [2.75, 3.05) is 0 Å². The van der Waals surface area contributed by atoms with Crippen LogP contribution in [0.15, 0.2) is 65.6 Å². The van der Waals surface area contributed by atoms with Gasteiger partial charge in [-0.1, -0.05) is 63.2 Å². The molecule has 0 aromatic heterocycles. The van der Waals surface area contributed by atoms with E-state index in [1.165, 1.54) is 21.2 Å². The molecule has 2 heteroatoms. The van der Waals surface area contributed by atoms with Gasteiger partial charge in [0.25, 0.3) is 0 Å². The Kier molecular flexibility index (Phi) is 4.15. The summed E-state index contributed by atoms with van der Waals surface area (Å²) >= 11 is 1.88. The van der Waals surface area contributed by atoms with Crippen LogP contribution in [-0.4, -0.2) is 4.75 Å². The summed E-state index contributed by atoms with van der Waals surface area (Å²) in [6.45, 7) is 6.69. The summed E-state index contributed by atoms with van der Waals surface area (Å²) in [4.78, 5) is 1.28. The molecule has 3 aromatic carbocycles. The Morgan fingerprint density at radius 1 is 0.870 bits per heavy atom. The molecule has 0 atom stereocenters. The number of thioether (sulfide) groups is 1. The average Bonchev–Trinajstić information content (AvgIpc) is 2.53. The first-order valence-corrected chi connectivity index (χ1v) is 8.51. The van der Waals surface area contributed by atoms with E-state index in [-0.39, 0.29) is 4.75 Å². The first kappa shape index (κ1) is 15.6. The number of benzene rings is 3. The van der Waals surface area contributed by atoms with Gasteiger partial charge in [0.2, 0.25) is 0 Å². The summed E-state index contributed by atoms with van der Waals surface area (Å²) in [5.41, 5.74) is 3.11. The number of hydrogen-bond acceptors (Lipinski definition) is 2. The van der Waals surface area contributed by atoms with Crippen LogP contribution in [0.25, 0.3) is 21.9 Å². The van der Waals surface area contributed by atoms with E-state index in [2.05, 4.69) is 63.2 Å². The number of hydrogen-bond donors (Lipinski definition) is 0.